The molecule has 0 fully saturated rings. The van der Waals surface area contributed by atoms with Crippen LogP contribution in [0.25, 0.3) is 11.3 Å². The molecule has 0 unspecified atom stereocenters. The summed E-state index contributed by atoms with van der Waals surface area (Å²) in [5.74, 6) is -0.654. The van der Waals surface area contributed by atoms with E-state index in [1.807, 2.05) is 30.3 Å². The number of nitrogens with two attached hydrogens (primary N) is 1. The highest BCUT2D eigenvalue weighted by Crippen LogP contribution is 2.27. The quantitative estimate of drug-likeness (QED) is 0.744. The average molecular weight is 295 g/mol. The number of hydrogen-bond donors (Lipinski definition) is 1. The summed E-state index contributed by atoms with van der Waals surface area (Å²) in [6, 6.07) is 12.9. The number of nitrogens with zero attached hydrogens (tertiary/aromatic N) is 2. The van der Waals surface area contributed by atoms with Crippen molar-refractivity contribution in [1.82, 2.24) is 10.1 Å². The Balaban J connectivity index is 1.82. The highest BCUT2D eigenvalue weighted by molar-refractivity contribution is 6.00. The average Bonchev–Trinajstić information content (AvgIpc) is 2.96. The van der Waals surface area contributed by atoms with E-state index in [0.717, 1.165) is 5.56 Å². The molecule has 2 aromatic heterocycles. The van der Waals surface area contributed by atoms with E-state index in [9.17, 15) is 4.79 Å². The lowest BCUT2D eigenvalue weighted by atomic mass is 10.1. The van der Waals surface area contributed by atoms with Gasteiger partial charge in [-0.25, -0.2) is 4.79 Å². The van der Waals surface area contributed by atoms with Crippen LogP contribution in [-0.4, -0.2) is 16.1 Å². The number of hydrogen-bond acceptors (Lipinski definition) is 6. The van der Waals surface area contributed by atoms with Crippen LogP contribution in [0.3, 0.4) is 0 Å². The lowest BCUT2D eigenvalue weighted by Gasteiger charge is -2.05. The molecule has 0 saturated heterocycles. The van der Waals surface area contributed by atoms with Gasteiger partial charge in [-0.2, -0.15) is 0 Å². The van der Waals surface area contributed by atoms with Gasteiger partial charge in [0, 0.05) is 18.0 Å². The van der Waals surface area contributed by atoms with Gasteiger partial charge in [0.15, 0.2) is 5.56 Å². The molecule has 0 saturated carbocycles. The van der Waals surface area contributed by atoms with E-state index in [-0.39, 0.29) is 18.1 Å². The van der Waals surface area contributed by atoms with Gasteiger partial charge in [0.2, 0.25) is 5.88 Å². The first-order valence-electron chi connectivity index (χ1n) is 6.62. The number of carbonyl (C=O) groups is 1. The van der Waals surface area contributed by atoms with E-state index in [1.54, 1.807) is 24.5 Å². The van der Waals surface area contributed by atoms with Gasteiger partial charge in [-0.3, -0.25) is 4.98 Å². The highest BCUT2D eigenvalue weighted by atomic mass is 16.5. The molecular weight excluding hydrogens is 282 g/mol. The van der Waals surface area contributed by atoms with Crippen molar-refractivity contribution in [2.24, 2.45) is 0 Å². The van der Waals surface area contributed by atoms with Crippen molar-refractivity contribution in [3.8, 4) is 11.3 Å². The van der Waals surface area contributed by atoms with Crippen molar-refractivity contribution < 1.29 is 14.1 Å². The fraction of sp³-hybridized carbons (Fsp3) is 0.0625. The smallest absolute Gasteiger partial charge is 0.346 e. The van der Waals surface area contributed by atoms with E-state index < -0.39 is 5.97 Å². The number of benzene rings is 1. The molecule has 0 aliphatic carbocycles. The van der Waals surface area contributed by atoms with E-state index >= 15 is 0 Å². The largest absolute Gasteiger partial charge is 0.457 e. The van der Waals surface area contributed by atoms with Crippen molar-refractivity contribution in [1.29, 1.82) is 0 Å². The number of anilines is 1. The third-order valence-electron chi connectivity index (χ3n) is 3.07. The predicted octanol–water partition coefficient (Wildman–Crippen LogP) is 2.68. The van der Waals surface area contributed by atoms with Crippen LogP contribution >= 0.6 is 0 Å². The van der Waals surface area contributed by atoms with Crippen molar-refractivity contribution in [3.63, 3.8) is 0 Å². The molecule has 1 aromatic carbocycles. The topological polar surface area (TPSA) is 91.2 Å². The summed E-state index contributed by atoms with van der Waals surface area (Å²) in [6.07, 6.45) is 3.20. The number of pyridine rings is 1. The van der Waals surface area contributed by atoms with Crippen LogP contribution in [0.15, 0.2) is 59.4 Å². The number of nitrogen functional groups attached to an aromatic ring is 1. The summed E-state index contributed by atoms with van der Waals surface area (Å²) in [5, 5.41) is 3.82. The van der Waals surface area contributed by atoms with Gasteiger partial charge in [-0.05, 0) is 17.7 Å². The summed E-state index contributed by atoms with van der Waals surface area (Å²) < 4.78 is 10.2. The van der Waals surface area contributed by atoms with Crippen LogP contribution in [0, 0.1) is 0 Å². The Kier molecular flexibility index (Phi) is 3.82. The maximum absolute atomic E-state index is 12.3. The Hall–Kier alpha value is -3.15. The van der Waals surface area contributed by atoms with Crippen LogP contribution in [-0.2, 0) is 11.3 Å². The first-order valence-corrected chi connectivity index (χ1v) is 6.62. The molecule has 0 bridgehead atoms. The van der Waals surface area contributed by atoms with Crippen LogP contribution in [0.1, 0.15) is 15.9 Å². The molecular formula is C16H13N3O3. The Morgan fingerprint density at radius 3 is 2.73 bits per heavy atom. The van der Waals surface area contributed by atoms with Crippen LogP contribution in [0.4, 0.5) is 5.88 Å². The second-order valence-corrected chi connectivity index (χ2v) is 4.57. The molecule has 2 heterocycles. The third-order valence-corrected chi connectivity index (χ3v) is 3.07. The van der Waals surface area contributed by atoms with Crippen LogP contribution in [0.2, 0.25) is 0 Å². The zero-order valence-electron chi connectivity index (χ0n) is 11.6. The van der Waals surface area contributed by atoms with Crippen molar-refractivity contribution in [2.75, 3.05) is 5.73 Å². The van der Waals surface area contributed by atoms with E-state index in [4.69, 9.17) is 15.0 Å². The predicted molar refractivity (Wildman–Crippen MR) is 79.7 cm³/mol. The Labute approximate surface area is 126 Å². The SMILES string of the molecule is Nc1onc(-c2cccnc2)c1C(=O)OCc1ccccc1. The van der Waals surface area contributed by atoms with E-state index in [2.05, 4.69) is 10.1 Å². The molecule has 0 radical (unpaired) electrons. The maximum atomic E-state index is 12.3. The number of carbonyl (C=O) groups excluding carboxylic acids is 1. The molecule has 0 atom stereocenters. The molecule has 0 spiro atoms. The lowest BCUT2D eigenvalue weighted by molar-refractivity contribution is 0.0474. The summed E-state index contributed by atoms with van der Waals surface area (Å²) in [4.78, 5) is 16.3. The van der Waals surface area contributed by atoms with Crippen molar-refractivity contribution in [2.45, 2.75) is 6.61 Å². The molecule has 2 N–H and O–H groups in total. The summed E-state index contributed by atoms with van der Waals surface area (Å²) >= 11 is 0. The zero-order valence-corrected chi connectivity index (χ0v) is 11.6. The Morgan fingerprint density at radius 1 is 1.18 bits per heavy atom. The minimum absolute atomic E-state index is 0.0723. The first kappa shape index (κ1) is 13.8. The lowest BCUT2D eigenvalue weighted by Crippen LogP contribution is -2.08. The summed E-state index contributed by atoms with van der Waals surface area (Å²) in [5.41, 5.74) is 7.65. The number of rotatable bonds is 4. The molecule has 22 heavy (non-hydrogen) atoms. The van der Waals surface area contributed by atoms with E-state index in [1.165, 1.54) is 0 Å². The Bertz CT molecular complexity index is 770. The highest BCUT2D eigenvalue weighted by Gasteiger charge is 2.24. The van der Waals surface area contributed by atoms with Gasteiger partial charge < -0.3 is 15.0 Å². The molecule has 0 aliphatic heterocycles. The van der Waals surface area contributed by atoms with Crippen LogP contribution < -0.4 is 5.73 Å². The summed E-state index contributed by atoms with van der Waals surface area (Å²) in [6.45, 7) is 0.150. The van der Waals surface area contributed by atoms with Gasteiger partial charge in [0.25, 0.3) is 0 Å². The molecule has 0 aliphatic rings. The standard InChI is InChI=1S/C16H13N3O3/c17-15-13(14(19-22-15)12-7-4-8-18-9-12)16(20)21-10-11-5-2-1-3-6-11/h1-9H,10,17H2. The second kappa shape index (κ2) is 6.09. The molecule has 6 heteroatoms. The number of aromatic nitrogens is 2. The minimum Gasteiger partial charge on any atom is -0.457 e. The van der Waals surface area contributed by atoms with Gasteiger partial charge in [0.05, 0.1) is 0 Å². The zero-order chi connectivity index (χ0) is 15.4. The molecule has 110 valence electrons. The van der Waals surface area contributed by atoms with Gasteiger partial charge in [-0.15, -0.1) is 0 Å². The fourth-order valence-corrected chi connectivity index (χ4v) is 2.00. The van der Waals surface area contributed by atoms with Gasteiger partial charge >= 0.3 is 5.97 Å². The second-order valence-electron chi connectivity index (χ2n) is 4.57. The van der Waals surface area contributed by atoms with Gasteiger partial charge in [-0.1, -0.05) is 35.5 Å². The van der Waals surface area contributed by atoms with Crippen molar-refractivity contribution in [3.05, 3.63) is 66.0 Å². The minimum atomic E-state index is -0.582. The number of ether oxygens (including phenoxy) is 1. The van der Waals surface area contributed by atoms with Gasteiger partial charge in [0.1, 0.15) is 12.3 Å². The molecule has 6 nitrogen and oxygen atoms in total. The number of esters is 1. The molecule has 0 amide bonds. The van der Waals surface area contributed by atoms with Crippen molar-refractivity contribution >= 4 is 11.9 Å². The molecule has 3 aromatic rings. The Morgan fingerprint density at radius 2 is 2.00 bits per heavy atom. The first-order chi connectivity index (χ1) is 10.8. The summed E-state index contributed by atoms with van der Waals surface area (Å²) in [7, 11) is 0. The monoisotopic (exact) mass is 295 g/mol. The normalized spacial score (nSPS) is 10.4. The van der Waals surface area contributed by atoms with Crippen LogP contribution in [0.5, 0.6) is 0 Å². The maximum Gasteiger partial charge on any atom is 0.346 e. The molecule has 3 rings (SSSR count). The van der Waals surface area contributed by atoms with E-state index in [0.29, 0.717) is 11.3 Å². The third kappa shape index (κ3) is 2.80. The fourth-order valence-electron chi connectivity index (χ4n) is 2.00.